The van der Waals surface area contributed by atoms with Gasteiger partial charge in [0.25, 0.3) is 0 Å². The van der Waals surface area contributed by atoms with Crippen LogP contribution in [0.4, 0.5) is 0 Å². The van der Waals surface area contributed by atoms with Gasteiger partial charge in [0.1, 0.15) is 0 Å². The van der Waals surface area contributed by atoms with E-state index in [2.05, 4.69) is 59.8 Å². The van der Waals surface area contributed by atoms with Crippen molar-refractivity contribution in [2.75, 3.05) is 13.1 Å². The Balaban J connectivity index is 2.36. The van der Waals surface area contributed by atoms with Crippen molar-refractivity contribution in [1.82, 2.24) is 5.32 Å². The van der Waals surface area contributed by atoms with E-state index in [9.17, 15) is 0 Å². The van der Waals surface area contributed by atoms with Crippen molar-refractivity contribution < 1.29 is 0 Å². The summed E-state index contributed by atoms with van der Waals surface area (Å²) >= 11 is 0. The summed E-state index contributed by atoms with van der Waals surface area (Å²) in [6.45, 7) is 1.06. The molecule has 0 radical (unpaired) electrons. The molecule has 2 aromatic carbocycles. The van der Waals surface area contributed by atoms with Gasteiger partial charge in [-0.05, 0) is 11.1 Å². The van der Waals surface area contributed by atoms with Crippen molar-refractivity contribution in [3.8, 4) is 12.3 Å². The number of rotatable bonds is 6. The summed E-state index contributed by atoms with van der Waals surface area (Å²) < 4.78 is 0. The summed E-state index contributed by atoms with van der Waals surface area (Å²) in [5, 5.41) is 3.36. The molecule has 1 atom stereocenters. The molecule has 0 aliphatic rings. The third-order valence-electron chi connectivity index (χ3n) is 3.44. The molecule has 0 aromatic heterocycles. The average Bonchev–Trinajstić information content (AvgIpc) is 2.53. The lowest BCUT2D eigenvalue weighted by atomic mass is 9.85. The Morgan fingerprint density at radius 3 is 1.85 bits per heavy atom. The molecule has 0 saturated carbocycles. The van der Waals surface area contributed by atoms with Crippen LogP contribution in [0.15, 0.2) is 60.7 Å². The van der Waals surface area contributed by atoms with Crippen LogP contribution in [0.3, 0.4) is 0 Å². The Bertz CT molecular complexity index is 503. The topological polar surface area (TPSA) is 38.0 Å². The van der Waals surface area contributed by atoms with E-state index in [1.54, 1.807) is 0 Å². The molecule has 2 rings (SSSR count). The molecular formula is C18H20N2. The summed E-state index contributed by atoms with van der Waals surface area (Å²) in [4.78, 5) is 0. The molecule has 0 aliphatic carbocycles. The fraction of sp³-hybridized carbons (Fsp3) is 0.222. The quantitative estimate of drug-likeness (QED) is 0.786. The second kappa shape index (κ2) is 7.49. The third-order valence-corrected chi connectivity index (χ3v) is 3.44. The summed E-state index contributed by atoms with van der Waals surface area (Å²) in [6.07, 6.45) is 5.36. The zero-order chi connectivity index (χ0) is 14.2. The van der Waals surface area contributed by atoms with Gasteiger partial charge >= 0.3 is 0 Å². The van der Waals surface area contributed by atoms with E-state index in [4.69, 9.17) is 12.2 Å². The molecule has 0 spiro atoms. The summed E-state index contributed by atoms with van der Waals surface area (Å²) in [6, 6.07) is 20.9. The molecule has 0 bridgehead atoms. The van der Waals surface area contributed by atoms with Gasteiger partial charge in [0.15, 0.2) is 0 Å². The van der Waals surface area contributed by atoms with Gasteiger partial charge in [-0.25, -0.2) is 0 Å². The number of hydrogen-bond donors (Lipinski definition) is 2. The predicted octanol–water partition coefficient (Wildman–Crippen LogP) is 2.37. The van der Waals surface area contributed by atoms with E-state index in [0.29, 0.717) is 13.1 Å². The molecule has 0 amide bonds. The molecule has 0 aliphatic heterocycles. The van der Waals surface area contributed by atoms with Gasteiger partial charge in [0.05, 0.1) is 6.54 Å². The van der Waals surface area contributed by atoms with Crippen molar-refractivity contribution in [1.29, 1.82) is 0 Å². The monoisotopic (exact) mass is 264 g/mol. The fourth-order valence-corrected chi connectivity index (χ4v) is 2.51. The first-order chi connectivity index (χ1) is 9.86. The predicted molar refractivity (Wildman–Crippen MR) is 84.4 cm³/mol. The minimum absolute atomic E-state index is 0.121. The molecule has 2 nitrogen and oxygen atoms in total. The minimum Gasteiger partial charge on any atom is -0.329 e. The van der Waals surface area contributed by atoms with E-state index in [-0.39, 0.29) is 12.0 Å². The average molecular weight is 264 g/mol. The van der Waals surface area contributed by atoms with E-state index < -0.39 is 0 Å². The molecular weight excluding hydrogens is 244 g/mol. The van der Waals surface area contributed by atoms with Crippen LogP contribution in [0.2, 0.25) is 0 Å². The van der Waals surface area contributed by atoms with E-state index in [1.807, 2.05) is 12.1 Å². The summed E-state index contributed by atoms with van der Waals surface area (Å²) in [5.41, 5.74) is 8.46. The van der Waals surface area contributed by atoms with Gasteiger partial charge in [-0.3, -0.25) is 0 Å². The van der Waals surface area contributed by atoms with Crippen LogP contribution in [-0.4, -0.2) is 19.1 Å². The SMILES string of the molecule is C#CCNC(CN)C(c1ccccc1)c1ccccc1. The third kappa shape index (κ3) is 3.48. The maximum atomic E-state index is 5.96. The molecule has 2 aromatic rings. The van der Waals surface area contributed by atoms with Crippen molar-refractivity contribution in [2.24, 2.45) is 5.73 Å². The van der Waals surface area contributed by atoms with E-state index >= 15 is 0 Å². The van der Waals surface area contributed by atoms with Crippen molar-refractivity contribution in [3.63, 3.8) is 0 Å². The lowest BCUT2D eigenvalue weighted by molar-refractivity contribution is 0.499. The molecule has 0 heterocycles. The number of nitrogens with two attached hydrogens (primary N) is 1. The molecule has 1 unspecified atom stereocenters. The fourth-order valence-electron chi connectivity index (χ4n) is 2.51. The second-order valence-electron chi connectivity index (χ2n) is 4.73. The van der Waals surface area contributed by atoms with Gasteiger partial charge < -0.3 is 11.1 Å². The Morgan fingerprint density at radius 1 is 0.950 bits per heavy atom. The first-order valence-electron chi connectivity index (χ1n) is 6.83. The lowest BCUT2D eigenvalue weighted by Crippen LogP contribution is -2.41. The number of nitrogens with one attached hydrogen (secondary N) is 1. The largest absolute Gasteiger partial charge is 0.329 e. The van der Waals surface area contributed by atoms with Crippen LogP contribution in [0.5, 0.6) is 0 Å². The first-order valence-corrected chi connectivity index (χ1v) is 6.83. The van der Waals surface area contributed by atoms with Crippen molar-refractivity contribution >= 4 is 0 Å². The highest BCUT2D eigenvalue weighted by Gasteiger charge is 2.22. The van der Waals surface area contributed by atoms with Crippen molar-refractivity contribution in [2.45, 2.75) is 12.0 Å². The minimum atomic E-state index is 0.121. The Kier molecular flexibility index (Phi) is 5.37. The van der Waals surface area contributed by atoms with Crippen LogP contribution in [0.1, 0.15) is 17.0 Å². The first kappa shape index (κ1) is 14.3. The molecule has 20 heavy (non-hydrogen) atoms. The van der Waals surface area contributed by atoms with Crippen LogP contribution in [0.25, 0.3) is 0 Å². The zero-order valence-electron chi connectivity index (χ0n) is 11.5. The van der Waals surface area contributed by atoms with E-state index in [0.717, 1.165) is 0 Å². The highest BCUT2D eigenvalue weighted by Crippen LogP contribution is 2.27. The van der Waals surface area contributed by atoms with Gasteiger partial charge in [-0.2, -0.15) is 0 Å². The maximum Gasteiger partial charge on any atom is 0.0576 e. The number of benzene rings is 2. The van der Waals surface area contributed by atoms with Crippen LogP contribution in [0, 0.1) is 12.3 Å². The standard InChI is InChI=1S/C18H20N2/c1-2-13-20-17(14-19)18(15-9-5-3-6-10-15)16-11-7-4-8-12-16/h1,3-12,17-18,20H,13-14,19H2. The van der Waals surface area contributed by atoms with Crippen LogP contribution < -0.4 is 11.1 Å². The smallest absolute Gasteiger partial charge is 0.0576 e. The molecule has 102 valence electrons. The summed E-state index contributed by atoms with van der Waals surface area (Å²) in [5.74, 6) is 2.83. The van der Waals surface area contributed by atoms with Crippen molar-refractivity contribution in [3.05, 3.63) is 71.8 Å². The lowest BCUT2D eigenvalue weighted by Gasteiger charge is -2.27. The van der Waals surface area contributed by atoms with Crippen LogP contribution >= 0.6 is 0 Å². The van der Waals surface area contributed by atoms with Gasteiger partial charge in [-0.1, -0.05) is 66.6 Å². The summed E-state index contributed by atoms with van der Waals surface area (Å²) in [7, 11) is 0. The molecule has 3 N–H and O–H groups in total. The van der Waals surface area contributed by atoms with E-state index in [1.165, 1.54) is 11.1 Å². The Labute approximate surface area is 121 Å². The molecule has 0 saturated heterocycles. The van der Waals surface area contributed by atoms with Gasteiger partial charge in [0.2, 0.25) is 0 Å². The molecule has 2 heteroatoms. The molecule has 0 fully saturated rings. The zero-order valence-corrected chi connectivity index (χ0v) is 11.5. The van der Waals surface area contributed by atoms with Crippen LogP contribution in [-0.2, 0) is 0 Å². The highest BCUT2D eigenvalue weighted by molar-refractivity contribution is 5.34. The Morgan fingerprint density at radius 2 is 1.45 bits per heavy atom. The normalized spacial score (nSPS) is 12.1. The Hall–Kier alpha value is -2.08. The van der Waals surface area contributed by atoms with Gasteiger partial charge in [0, 0.05) is 18.5 Å². The maximum absolute atomic E-state index is 5.96. The number of terminal acetylenes is 1. The highest BCUT2D eigenvalue weighted by atomic mass is 14.9. The second-order valence-corrected chi connectivity index (χ2v) is 4.73. The van der Waals surface area contributed by atoms with Gasteiger partial charge in [-0.15, -0.1) is 6.42 Å². The number of hydrogen-bond acceptors (Lipinski definition) is 2.